The monoisotopic (exact) mass is 254 g/mol. The summed E-state index contributed by atoms with van der Waals surface area (Å²) < 4.78 is 0. The number of H-pyrrole nitrogens is 1. The van der Waals surface area contributed by atoms with E-state index < -0.39 is 4.92 Å². The van der Waals surface area contributed by atoms with E-state index in [2.05, 4.69) is 15.3 Å². The molecule has 1 aromatic heterocycles. The van der Waals surface area contributed by atoms with Crippen molar-refractivity contribution in [1.82, 2.24) is 9.97 Å². The fourth-order valence-corrected chi connectivity index (χ4v) is 1.88. The van der Waals surface area contributed by atoms with E-state index in [1.165, 1.54) is 6.07 Å². The van der Waals surface area contributed by atoms with Crippen LogP contribution >= 0.6 is 0 Å². The maximum Gasteiger partial charge on any atom is 0.292 e. The fourth-order valence-electron chi connectivity index (χ4n) is 1.88. The van der Waals surface area contributed by atoms with Gasteiger partial charge in [-0.15, -0.1) is 0 Å². The molecule has 6 heteroatoms. The topological polar surface area (TPSA) is 83.8 Å². The Labute approximate surface area is 108 Å². The molecule has 0 aliphatic carbocycles. The number of aromatic amines is 1. The second-order valence-electron chi connectivity index (χ2n) is 4.00. The quantitative estimate of drug-likeness (QED) is 0.555. The zero-order valence-corrected chi connectivity index (χ0v) is 9.83. The van der Waals surface area contributed by atoms with Crippen LogP contribution in [0, 0.1) is 10.1 Å². The summed E-state index contributed by atoms with van der Waals surface area (Å²) in [6.07, 6.45) is 0. The Morgan fingerprint density at radius 3 is 2.63 bits per heavy atom. The number of nitrogens with zero attached hydrogens (tertiary/aromatic N) is 2. The number of hydrogen-bond acceptors (Lipinski definition) is 4. The normalized spacial score (nSPS) is 10.5. The van der Waals surface area contributed by atoms with Crippen LogP contribution in [-0.4, -0.2) is 14.9 Å². The molecule has 19 heavy (non-hydrogen) atoms. The zero-order valence-electron chi connectivity index (χ0n) is 9.83. The second-order valence-corrected chi connectivity index (χ2v) is 4.00. The summed E-state index contributed by atoms with van der Waals surface area (Å²) in [5, 5.41) is 13.9. The molecule has 3 aromatic rings. The van der Waals surface area contributed by atoms with Crippen LogP contribution in [0.15, 0.2) is 48.5 Å². The first-order valence-corrected chi connectivity index (χ1v) is 5.69. The van der Waals surface area contributed by atoms with Gasteiger partial charge < -0.3 is 10.3 Å². The summed E-state index contributed by atoms with van der Waals surface area (Å²) in [7, 11) is 0. The molecular weight excluding hydrogens is 244 g/mol. The van der Waals surface area contributed by atoms with E-state index in [1.54, 1.807) is 18.2 Å². The second kappa shape index (κ2) is 4.41. The van der Waals surface area contributed by atoms with E-state index in [4.69, 9.17) is 0 Å². The summed E-state index contributed by atoms with van der Waals surface area (Å²) in [6, 6.07) is 14.0. The molecule has 0 amide bonds. The summed E-state index contributed by atoms with van der Waals surface area (Å²) in [5.41, 5.74) is 2.11. The minimum Gasteiger partial charge on any atom is -0.324 e. The number of hydrogen-bond donors (Lipinski definition) is 2. The predicted octanol–water partition coefficient (Wildman–Crippen LogP) is 3.21. The Bertz CT molecular complexity index is 718. The van der Waals surface area contributed by atoms with E-state index >= 15 is 0 Å². The number of benzene rings is 2. The van der Waals surface area contributed by atoms with Gasteiger partial charge in [-0.05, 0) is 18.2 Å². The Balaban J connectivity index is 1.99. The minimum absolute atomic E-state index is 0.0166. The molecule has 3 rings (SSSR count). The molecule has 0 fully saturated rings. The SMILES string of the molecule is O=[N+]([O-])c1ccccc1Nc1nc2ccccc2[nH]1. The van der Waals surface area contributed by atoms with Crippen molar-refractivity contribution in [1.29, 1.82) is 0 Å². The molecular formula is C13H10N4O2. The highest BCUT2D eigenvalue weighted by Gasteiger charge is 2.13. The van der Waals surface area contributed by atoms with Gasteiger partial charge in [-0.25, -0.2) is 4.98 Å². The van der Waals surface area contributed by atoms with Crippen LogP contribution in [0.1, 0.15) is 0 Å². The average molecular weight is 254 g/mol. The molecule has 94 valence electrons. The van der Waals surface area contributed by atoms with Gasteiger partial charge in [0.05, 0.1) is 16.0 Å². The Kier molecular flexibility index (Phi) is 2.60. The molecule has 0 aliphatic rings. The zero-order chi connectivity index (χ0) is 13.2. The van der Waals surface area contributed by atoms with E-state index in [-0.39, 0.29) is 5.69 Å². The van der Waals surface area contributed by atoms with Gasteiger partial charge in [-0.1, -0.05) is 24.3 Å². The van der Waals surface area contributed by atoms with E-state index in [0.29, 0.717) is 11.6 Å². The maximum absolute atomic E-state index is 10.9. The fraction of sp³-hybridized carbons (Fsp3) is 0. The number of nitro groups is 1. The highest BCUT2D eigenvalue weighted by molar-refractivity contribution is 5.79. The number of nitro benzene ring substituents is 1. The van der Waals surface area contributed by atoms with E-state index in [0.717, 1.165) is 11.0 Å². The maximum atomic E-state index is 10.9. The highest BCUT2D eigenvalue weighted by atomic mass is 16.6. The van der Waals surface area contributed by atoms with Crippen LogP contribution < -0.4 is 5.32 Å². The number of imidazole rings is 1. The Morgan fingerprint density at radius 2 is 1.84 bits per heavy atom. The molecule has 2 aromatic carbocycles. The number of para-hydroxylation sites is 4. The first-order valence-electron chi connectivity index (χ1n) is 5.69. The van der Waals surface area contributed by atoms with Gasteiger partial charge in [0.15, 0.2) is 0 Å². The predicted molar refractivity (Wildman–Crippen MR) is 72.5 cm³/mol. The molecule has 0 radical (unpaired) electrons. The molecule has 0 spiro atoms. The van der Waals surface area contributed by atoms with Gasteiger partial charge >= 0.3 is 0 Å². The minimum atomic E-state index is -0.426. The number of fused-ring (bicyclic) bond motifs is 1. The summed E-state index contributed by atoms with van der Waals surface area (Å²) in [4.78, 5) is 17.9. The van der Waals surface area contributed by atoms with Crippen LogP contribution in [0.5, 0.6) is 0 Å². The van der Waals surface area contributed by atoms with Crippen molar-refractivity contribution in [2.45, 2.75) is 0 Å². The lowest BCUT2D eigenvalue weighted by Crippen LogP contribution is -1.97. The van der Waals surface area contributed by atoms with Crippen molar-refractivity contribution in [3.05, 3.63) is 58.6 Å². The number of anilines is 2. The number of aromatic nitrogens is 2. The van der Waals surface area contributed by atoms with E-state index in [1.807, 2.05) is 24.3 Å². The van der Waals surface area contributed by atoms with E-state index in [9.17, 15) is 10.1 Å². The van der Waals surface area contributed by atoms with Crippen molar-refractivity contribution in [2.75, 3.05) is 5.32 Å². The molecule has 0 saturated heterocycles. The third-order valence-corrected chi connectivity index (χ3v) is 2.74. The standard InChI is InChI=1S/C13H10N4O2/c18-17(19)12-8-4-3-7-11(12)16-13-14-9-5-1-2-6-10(9)15-13/h1-8H,(H2,14,15,16). The van der Waals surface area contributed by atoms with Crippen LogP contribution in [0.2, 0.25) is 0 Å². The van der Waals surface area contributed by atoms with Gasteiger partial charge in [0.25, 0.3) is 5.69 Å². The van der Waals surface area contributed by atoms with Crippen molar-refractivity contribution in [3.63, 3.8) is 0 Å². The third kappa shape index (κ3) is 2.11. The van der Waals surface area contributed by atoms with Crippen molar-refractivity contribution < 1.29 is 4.92 Å². The molecule has 2 N–H and O–H groups in total. The third-order valence-electron chi connectivity index (χ3n) is 2.74. The highest BCUT2D eigenvalue weighted by Crippen LogP contribution is 2.26. The molecule has 6 nitrogen and oxygen atoms in total. The lowest BCUT2D eigenvalue weighted by Gasteiger charge is -2.02. The smallest absolute Gasteiger partial charge is 0.292 e. The molecule has 1 heterocycles. The van der Waals surface area contributed by atoms with Gasteiger partial charge in [0.1, 0.15) is 5.69 Å². The lowest BCUT2D eigenvalue weighted by molar-refractivity contribution is -0.383. The van der Waals surface area contributed by atoms with Crippen LogP contribution in [-0.2, 0) is 0 Å². The molecule has 0 saturated carbocycles. The van der Waals surface area contributed by atoms with Crippen LogP contribution in [0.4, 0.5) is 17.3 Å². The summed E-state index contributed by atoms with van der Waals surface area (Å²) >= 11 is 0. The summed E-state index contributed by atoms with van der Waals surface area (Å²) in [6.45, 7) is 0. The van der Waals surface area contributed by atoms with Gasteiger partial charge in [-0.2, -0.15) is 0 Å². The molecule has 0 bridgehead atoms. The van der Waals surface area contributed by atoms with Crippen molar-refractivity contribution in [2.24, 2.45) is 0 Å². The average Bonchev–Trinajstić information content (AvgIpc) is 2.81. The molecule has 0 unspecified atom stereocenters. The van der Waals surface area contributed by atoms with Crippen LogP contribution in [0.25, 0.3) is 11.0 Å². The van der Waals surface area contributed by atoms with Gasteiger partial charge in [-0.3, -0.25) is 10.1 Å². The van der Waals surface area contributed by atoms with Crippen LogP contribution in [0.3, 0.4) is 0 Å². The number of rotatable bonds is 3. The first-order chi connectivity index (χ1) is 9.24. The summed E-state index contributed by atoms with van der Waals surface area (Å²) in [5.74, 6) is 0.482. The first kappa shape index (κ1) is 11.2. The van der Waals surface area contributed by atoms with Gasteiger partial charge in [0.2, 0.25) is 5.95 Å². The van der Waals surface area contributed by atoms with Crippen molar-refractivity contribution >= 4 is 28.4 Å². The Morgan fingerprint density at radius 1 is 1.11 bits per heavy atom. The Hall–Kier alpha value is -2.89. The lowest BCUT2D eigenvalue weighted by atomic mass is 10.3. The molecule has 0 aliphatic heterocycles. The van der Waals surface area contributed by atoms with Crippen molar-refractivity contribution in [3.8, 4) is 0 Å². The van der Waals surface area contributed by atoms with Gasteiger partial charge in [0, 0.05) is 6.07 Å². The number of nitrogens with one attached hydrogen (secondary N) is 2. The largest absolute Gasteiger partial charge is 0.324 e. The molecule has 0 atom stereocenters.